The molecule has 7 heteroatoms. The highest BCUT2D eigenvalue weighted by Crippen LogP contribution is 2.17. The minimum atomic E-state index is 0.128. The molecule has 0 radical (unpaired) electrons. The van der Waals surface area contributed by atoms with Crippen LogP contribution in [0.5, 0.6) is 0 Å². The Morgan fingerprint density at radius 3 is 2.83 bits per heavy atom. The molecule has 1 aromatic rings. The van der Waals surface area contributed by atoms with Gasteiger partial charge < -0.3 is 16.0 Å². The topological polar surface area (TPSA) is 78.4 Å². The Hall–Kier alpha value is -1.63. The summed E-state index contributed by atoms with van der Waals surface area (Å²) in [7, 11) is 0. The van der Waals surface area contributed by atoms with E-state index in [1.54, 1.807) is 11.3 Å². The first-order valence-corrected chi connectivity index (χ1v) is 9.72. The molecule has 1 saturated carbocycles. The summed E-state index contributed by atoms with van der Waals surface area (Å²) >= 11 is 1.72. The number of guanidine groups is 1. The van der Waals surface area contributed by atoms with E-state index in [0.717, 1.165) is 36.8 Å². The Kier molecular flexibility index (Phi) is 8.01. The molecule has 6 nitrogen and oxygen atoms in total. The van der Waals surface area contributed by atoms with Gasteiger partial charge >= 0.3 is 0 Å². The van der Waals surface area contributed by atoms with E-state index >= 15 is 0 Å². The third kappa shape index (κ3) is 6.86. The maximum atomic E-state index is 11.9. The number of hydrogen-bond donors (Lipinski definition) is 3. The van der Waals surface area contributed by atoms with Crippen LogP contribution in [0.2, 0.25) is 0 Å². The van der Waals surface area contributed by atoms with E-state index < -0.39 is 0 Å². The van der Waals surface area contributed by atoms with Crippen LogP contribution >= 0.6 is 11.3 Å². The third-order valence-electron chi connectivity index (χ3n) is 3.97. The largest absolute Gasteiger partial charge is 0.357 e. The minimum absolute atomic E-state index is 0.128. The molecular formula is C17H29N5OS. The molecule has 0 saturated heterocycles. The van der Waals surface area contributed by atoms with Crippen LogP contribution in [0.25, 0.3) is 0 Å². The molecule has 1 amide bonds. The molecule has 1 aliphatic carbocycles. The fraction of sp³-hybridized carbons (Fsp3) is 0.706. The fourth-order valence-electron chi connectivity index (χ4n) is 2.79. The van der Waals surface area contributed by atoms with Gasteiger partial charge in [0, 0.05) is 49.6 Å². The van der Waals surface area contributed by atoms with Crippen LogP contribution in [0.15, 0.2) is 11.2 Å². The van der Waals surface area contributed by atoms with Gasteiger partial charge in [-0.3, -0.25) is 9.79 Å². The maximum absolute atomic E-state index is 11.9. The number of aliphatic imine (C=N–C) groups is 1. The number of aromatic nitrogens is 1. The van der Waals surface area contributed by atoms with Gasteiger partial charge in [0.15, 0.2) is 5.96 Å². The van der Waals surface area contributed by atoms with Crippen molar-refractivity contribution in [3.8, 4) is 0 Å². The quantitative estimate of drug-likeness (QED) is 0.494. The highest BCUT2D eigenvalue weighted by molar-refractivity contribution is 7.11. The van der Waals surface area contributed by atoms with E-state index in [2.05, 4.69) is 32.9 Å². The molecule has 1 heterocycles. The van der Waals surface area contributed by atoms with Gasteiger partial charge in [0.1, 0.15) is 0 Å². The molecule has 0 aliphatic heterocycles. The van der Waals surface area contributed by atoms with Crippen LogP contribution in [0.4, 0.5) is 0 Å². The Labute approximate surface area is 148 Å². The van der Waals surface area contributed by atoms with Crippen LogP contribution in [-0.4, -0.2) is 42.5 Å². The predicted molar refractivity (Wildman–Crippen MR) is 99.6 cm³/mol. The zero-order valence-corrected chi connectivity index (χ0v) is 15.5. The van der Waals surface area contributed by atoms with Gasteiger partial charge in [-0.25, -0.2) is 4.98 Å². The van der Waals surface area contributed by atoms with Gasteiger partial charge in [0.25, 0.3) is 0 Å². The van der Waals surface area contributed by atoms with Crippen molar-refractivity contribution in [3.05, 3.63) is 16.1 Å². The lowest BCUT2D eigenvalue weighted by Crippen LogP contribution is -2.40. The highest BCUT2D eigenvalue weighted by atomic mass is 32.1. The van der Waals surface area contributed by atoms with Crippen molar-refractivity contribution in [2.75, 3.05) is 19.6 Å². The number of nitrogens with one attached hydrogen (secondary N) is 3. The van der Waals surface area contributed by atoms with Crippen LogP contribution in [0, 0.1) is 6.92 Å². The number of carbonyl (C=O) groups excluding carboxylic acids is 1. The number of hydrogen-bond acceptors (Lipinski definition) is 4. The normalized spacial score (nSPS) is 15.5. The molecule has 0 unspecified atom stereocenters. The average molecular weight is 352 g/mol. The van der Waals surface area contributed by atoms with E-state index in [4.69, 9.17) is 0 Å². The molecule has 2 rings (SSSR count). The average Bonchev–Trinajstić information content (AvgIpc) is 3.19. The first-order chi connectivity index (χ1) is 11.7. The SMILES string of the molecule is CCNC(=NCCc1ncc(C)s1)NCCC(=O)NC1CCCC1. The van der Waals surface area contributed by atoms with E-state index in [-0.39, 0.29) is 5.91 Å². The summed E-state index contributed by atoms with van der Waals surface area (Å²) in [4.78, 5) is 22.0. The molecule has 0 spiro atoms. The Bertz CT molecular complexity index is 537. The number of thiazole rings is 1. The molecule has 1 fully saturated rings. The van der Waals surface area contributed by atoms with Gasteiger partial charge in [-0.1, -0.05) is 12.8 Å². The van der Waals surface area contributed by atoms with Crippen molar-refractivity contribution in [2.45, 2.75) is 58.4 Å². The van der Waals surface area contributed by atoms with Gasteiger partial charge in [0.2, 0.25) is 5.91 Å². The number of amides is 1. The third-order valence-corrected chi connectivity index (χ3v) is 4.95. The summed E-state index contributed by atoms with van der Waals surface area (Å²) in [6.07, 6.45) is 7.94. The lowest BCUT2D eigenvalue weighted by molar-refractivity contribution is -0.121. The number of aryl methyl sites for hydroxylation is 1. The Morgan fingerprint density at radius 2 is 2.17 bits per heavy atom. The fourth-order valence-corrected chi connectivity index (χ4v) is 3.56. The number of rotatable bonds is 8. The minimum Gasteiger partial charge on any atom is -0.357 e. The Balaban J connectivity index is 1.67. The predicted octanol–water partition coefficient (Wildman–Crippen LogP) is 2.00. The van der Waals surface area contributed by atoms with Crippen LogP contribution in [0.1, 0.15) is 48.9 Å². The maximum Gasteiger partial charge on any atom is 0.221 e. The van der Waals surface area contributed by atoms with Crippen molar-refractivity contribution in [3.63, 3.8) is 0 Å². The monoisotopic (exact) mass is 351 g/mol. The first kappa shape index (κ1) is 18.7. The van der Waals surface area contributed by atoms with Crippen LogP contribution in [-0.2, 0) is 11.2 Å². The summed E-state index contributed by atoms with van der Waals surface area (Å²) in [5.41, 5.74) is 0. The van der Waals surface area contributed by atoms with Gasteiger partial charge in [0.05, 0.1) is 5.01 Å². The summed E-state index contributed by atoms with van der Waals surface area (Å²) in [5, 5.41) is 10.7. The standard InChI is InChI=1S/C17H29N5OS/c1-3-18-17(20-11-9-16-21-12-13(2)24-16)19-10-8-15(23)22-14-6-4-5-7-14/h12,14H,3-11H2,1-2H3,(H,22,23)(H2,18,19,20). The molecule has 0 aromatic carbocycles. The smallest absolute Gasteiger partial charge is 0.221 e. The van der Waals surface area contributed by atoms with Crippen molar-refractivity contribution >= 4 is 23.2 Å². The van der Waals surface area contributed by atoms with Crippen LogP contribution in [0.3, 0.4) is 0 Å². The molecule has 24 heavy (non-hydrogen) atoms. The Morgan fingerprint density at radius 1 is 1.38 bits per heavy atom. The van der Waals surface area contributed by atoms with E-state index in [1.807, 2.05) is 13.1 Å². The lowest BCUT2D eigenvalue weighted by Gasteiger charge is -2.13. The molecule has 0 atom stereocenters. The first-order valence-electron chi connectivity index (χ1n) is 8.90. The van der Waals surface area contributed by atoms with Crippen molar-refractivity contribution in [1.29, 1.82) is 0 Å². The summed E-state index contributed by atoms with van der Waals surface area (Å²) in [6, 6.07) is 0.390. The lowest BCUT2D eigenvalue weighted by atomic mass is 10.2. The second kappa shape index (κ2) is 10.3. The number of nitrogens with zero attached hydrogens (tertiary/aromatic N) is 2. The molecule has 0 bridgehead atoms. The van der Waals surface area contributed by atoms with Crippen molar-refractivity contribution in [2.24, 2.45) is 4.99 Å². The van der Waals surface area contributed by atoms with Crippen molar-refractivity contribution in [1.82, 2.24) is 20.9 Å². The summed E-state index contributed by atoms with van der Waals surface area (Å²) < 4.78 is 0. The second-order valence-corrected chi connectivity index (χ2v) is 7.42. The van der Waals surface area contributed by atoms with Gasteiger partial charge in [-0.15, -0.1) is 11.3 Å². The molecule has 134 valence electrons. The number of carbonyl (C=O) groups is 1. The summed E-state index contributed by atoms with van der Waals surface area (Å²) in [6.45, 7) is 6.19. The zero-order chi connectivity index (χ0) is 17.2. The highest BCUT2D eigenvalue weighted by Gasteiger charge is 2.16. The summed E-state index contributed by atoms with van der Waals surface area (Å²) in [5.74, 6) is 0.892. The van der Waals surface area contributed by atoms with Gasteiger partial charge in [-0.2, -0.15) is 0 Å². The van der Waals surface area contributed by atoms with E-state index in [1.165, 1.54) is 17.7 Å². The molecule has 1 aromatic heterocycles. The molecule has 3 N–H and O–H groups in total. The van der Waals surface area contributed by atoms with E-state index in [9.17, 15) is 4.79 Å². The van der Waals surface area contributed by atoms with Gasteiger partial charge in [-0.05, 0) is 26.7 Å². The van der Waals surface area contributed by atoms with Crippen molar-refractivity contribution < 1.29 is 4.79 Å². The molecule has 1 aliphatic rings. The molecular weight excluding hydrogens is 322 g/mol. The zero-order valence-electron chi connectivity index (χ0n) is 14.7. The second-order valence-electron chi connectivity index (χ2n) is 6.10. The van der Waals surface area contributed by atoms with E-state index in [0.29, 0.717) is 25.6 Å². The van der Waals surface area contributed by atoms with Crippen LogP contribution < -0.4 is 16.0 Å².